The molecule has 2 aromatic heterocycles. The van der Waals surface area contributed by atoms with Crippen LogP contribution in [0.3, 0.4) is 0 Å². The molecule has 2 rings (SSSR count). The van der Waals surface area contributed by atoms with Crippen LogP contribution in [0.2, 0.25) is 0 Å². The highest BCUT2D eigenvalue weighted by Gasteiger charge is 2.10. The molecule has 7 nitrogen and oxygen atoms in total. The first kappa shape index (κ1) is 13.7. The van der Waals surface area contributed by atoms with Crippen LogP contribution in [0.1, 0.15) is 20.8 Å². The number of nitrogens with one attached hydrogen (secondary N) is 1. The van der Waals surface area contributed by atoms with Gasteiger partial charge in [0, 0.05) is 19.6 Å². The van der Waals surface area contributed by atoms with Gasteiger partial charge in [0.1, 0.15) is 6.33 Å². The Balaban J connectivity index is 2.06. The van der Waals surface area contributed by atoms with E-state index in [1.54, 1.807) is 11.0 Å². The van der Waals surface area contributed by atoms with E-state index in [1.807, 2.05) is 6.92 Å². The van der Waals surface area contributed by atoms with Crippen LogP contribution < -0.4 is 5.32 Å². The summed E-state index contributed by atoms with van der Waals surface area (Å²) in [5, 5.41) is 11.5. The lowest BCUT2D eigenvalue weighted by molar-refractivity contribution is 0.316. The van der Waals surface area contributed by atoms with E-state index in [2.05, 4.69) is 44.3 Å². The van der Waals surface area contributed by atoms with Crippen molar-refractivity contribution in [2.45, 2.75) is 27.3 Å². The maximum absolute atomic E-state index is 4.25. The lowest BCUT2D eigenvalue weighted by atomic mass is 10.4. The van der Waals surface area contributed by atoms with Gasteiger partial charge in [0.05, 0.1) is 0 Å². The Morgan fingerprint density at radius 1 is 1.21 bits per heavy atom. The molecule has 0 amide bonds. The number of aryl methyl sites for hydroxylation is 1. The number of aromatic nitrogens is 5. The predicted octanol–water partition coefficient (Wildman–Crippen LogP) is 0.995. The van der Waals surface area contributed by atoms with Crippen molar-refractivity contribution in [1.29, 1.82) is 0 Å². The van der Waals surface area contributed by atoms with Crippen molar-refractivity contribution < 1.29 is 0 Å². The van der Waals surface area contributed by atoms with Gasteiger partial charge >= 0.3 is 0 Å². The Kier molecular flexibility index (Phi) is 4.62. The van der Waals surface area contributed by atoms with E-state index >= 15 is 0 Å². The standard InChI is InChI=1S/C12H21N7/c1-4-18(5-2)8-7-13-11-10-12(15-9-14-11)19(6-3)17-16-10/h9H,4-8H2,1-3H3,(H,13,14,15). The second kappa shape index (κ2) is 6.42. The third-order valence-electron chi connectivity index (χ3n) is 3.21. The predicted molar refractivity (Wildman–Crippen MR) is 75.1 cm³/mol. The Morgan fingerprint density at radius 3 is 2.68 bits per heavy atom. The van der Waals surface area contributed by atoms with E-state index in [0.29, 0.717) is 0 Å². The number of likely N-dealkylation sites (N-methyl/N-ethyl adjacent to an activating group) is 1. The summed E-state index contributed by atoms with van der Waals surface area (Å²) >= 11 is 0. The van der Waals surface area contributed by atoms with Gasteiger partial charge < -0.3 is 10.2 Å². The first-order valence-electron chi connectivity index (χ1n) is 6.80. The number of rotatable bonds is 7. The van der Waals surface area contributed by atoms with Gasteiger partial charge in [0.2, 0.25) is 0 Å². The quantitative estimate of drug-likeness (QED) is 0.803. The van der Waals surface area contributed by atoms with Crippen molar-refractivity contribution in [2.24, 2.45) is 0 Å². The number of anilines is 1. The number of fused-ring (bicyclic) bond motifs is 1. The van der Waals surface area contributed by atoms with Gasteiger partial charge in [0.15, 0.2) is 17.0 Å². The highest BCUT2D eigenvalue weighted by atomic mass is 15.4. The number of nitrogens with zero attached hydrogens (tertiary/aromatic N) is 6. The van der Waals surface area contributed by atoms with Crippen molar-refractivity contribution in [1.82, 2.24) is 29.9 Å². The second-order valence-corrected chi connectivity index (χ2v) is 4.25. The molecule has 0 aromatic carbocycles. The van der Waals surface area contributed by atoms with Crippen molar-refractivity contribution >= 4 is 17.0 Å². The minimum atomic E-state index is 0.740. The molecular weight excluding hydrogens is 242 g/mol. The van der Waals surface area contributed by atoms with Gasteiger partial charge in [-0.25, -0.2) is 14.6 Å². The van der Waals surface area contributed by atoms with Crippen LogP contribution in [0, 0.1) is 0 Å². The molecule has 0 saturated heterocycles. The molecule has 0 aliphatic carbocycles. The van der Waals surface area contributed by atoms with E-state index in [0.717, 1.165) is 49.7 Å². The third-order valence-corrected chi connectivity index (χ3v) is 3.21. The summed E-state index contributed by atoms with van der Waals surface area (Å²) in [6.45, 7) is 11.1. The Bertz CT molecular complexity index is 518. The summed E-state index contributed by atoms with van der Waals surface area (Å²) < 4.78 is 1.77. The maximum Gasteiger partial charge on any atom is 0.183 e. The molecular formula is C12H21N7. The minimum absolute atomic E-state index is 0.740. The van der Waals surface area contributed by atoms with Gasteiger partial charge in [-0.2, -0.15) is 0 Å². The first-order valence-corrected chi connectivity index (χ1v) is 6.80. The lowest BCUT2D eigenvalue weighted by Gasteiger charge is -2.18. The van der Waals surface area contributed by atoms with Crippen LogP contribution in [0.5, 0.6) is 0 Å². The number of hydrogen-bond donors (Lipinski definition) is 1. The monoisotopic (exact) mass is 263 g/mol. The van der Waals surface area contributed by atoms with E-state index in [-0.39, 0.29) is 0 Å². The van der Waals surface area contributed by atoms with Crippen molar-refractivity contribution in [2.75, 3.05) is 31.5 Å². The van der Waals surface area contributed by atoms with E-state index in [1.165, 1.54) is 0 Å². The van der Waals surface area contributed by atoms with E-state index in [9.17, 15) is 0 Å². The molecule has 0 bridgehead atoms. The van der Waals surface area contributed by atoms with Crippen molar-refractivity contribution in [3.63, 3.8) is 0 Å². The summed E-state index contributed by atoms with van der Waals surface area (Å²) in [7, 11) is 0. The van der Waals surface area contributed by atoms with Crippen LogP contribution in [-0.4, -0.2) is 56.0 Å². The summed E-state index contributed by atoms with van der Waals surface area (Å²) in [4.78, 5) is 10.8. The summed E-state index contributed by atoms with van der Waals surface area (Å²) in [6, 6.07) is 0. The average molecular weight is 263 g/mol. The van der Waals surface area contributed by atoms with Gasteiger partial charge in [-0.1, -0.05) is 19.1 Å². The fourth-order valence-corrected chi connectivity index (χ4v) is 2.01. The summed E-state index contributed by atoms with van der Waals surface area (Å²) in [5.41, 5.74) is 1.52. The lowest BCUT2D eigenvalue weighted by Crippen LogP contribution is -2.28. The van der Waals surface area contributed by atoms with Crippen LogP contribution in [0.4, 0.5) is 5.82 Å². The number of hydrogen-bond acceptors (Lipinski definition) is 6. The van der Waals surface area contributed by atoms with Gasteiger partial charge in [-0.05, 0) is 20.0 Å². The van der Waals surface area contributed by atoms with Gasteiger partial charge in [-0.15, -0.1) is 5.10 Å². The molecule has 0 radical (unpaired) electrons. The Hall–Kier alpha value is -1.76. The molecule has 104 valence electrons. The fourth-order valence-electron chi connectivity index (χ4n) is 2.01. The molecule has 0 spiro atoms. The SMILES string of the molecule is CCN(CC)CCNc1ncnc2c1nnn2CC. The fraction of sp³-hybridized carbons (Fsp3) is 0.667. The smallest absolute Gasteiger partial charge is 0.183 e. The summed E-state index contributed by atoms with van der Waals surface area (Å²) in [6.07, 6.45) is 1.55. The highest BCUT2D eigenvalue weighted by molar-refractivity contribution is 5.81. The highest BCUT2D eigenvalue weighted by Crippen LogP contribution is 2.15. The molecule has 7 heteroatoms. The van der Waals surface area contributed by atoms with Crippen LogP contribution in [0.25, 0.3) is 11.2 Å². The molecule has 19 heavy (non-hydrogen) atoms. The van der Waals surface area contributed by atoms with Crippen LogP contribution in [0.15, 0.2) is 6.33 Å². The molecule has 1 N–H and O–H groups in total. The van der Waals surface area contributed by atoms with Crippen molar-refractivity contribution in [3.8, 4) is 0 Å². The Labute approximate surface area is 113 Å². The third kappa shape index (κ3) is 2.98. The van der Waals surface area contributed by atoms with Crippen LogP contribution in [-0.2, 0) is 6.54 Å². The zero-order chi connectivity index (χ0) is 13.7. The molecule has 0 atom stereocenters. The maximum atomic E-state index is 4.25. The summed E-state index contributed by atoms with van der Waals surface area (Å²) in [5.74, 6) is 0.761. The molecule has 2 heterocycles. The minimum Gasteiger partial charge on any atom is -0.367 e. The zero-order valence-corrected chi connectivity index (χ0v) is 11.8. The van der Waals surface area contributed by atoms with Gasteiger partial charge in [-0.3, -0.25) is 0 Å². The molecule has 0 fully saturated rings. The molecule has 0 saturated carbocycles. The van der Waals surface area contributed by atoms with Gasteiger partial charge in [0.25, 0.3) is 0 Å². The van der Waals surface area contributed by atoms with E-state index in [4.69, 9.17) is 0 Å². The molecule has 0 aliphatic rings. The molecule has 2 aromatic rings. The second-order valence-electron chi connectivity index (χ2n) is 4.25. The van der Waals surface area contributed by atoms with Crippen molar-refractivity contribution in [3.05, 3.63) is 6.33 Å². The normalized spacial score (nSPS) is 11.4. The topological polar surface area (TPSA) is 71.8 Å². The largest absolute Gasteiger partial charge is 0.367 e. The first-order chi connectivity index (χ1) is 9.30. The zero-order valence-electron chi connectivity index (χ0n) is 11.8. The Morgan fingerprint density at radius 2 is 2.00 bits per heavy atom. The van der Waals surface area contributed by atoms with E-state index < -0.39 is 0 Å². The molecule has 0 unspecified atom stereocenters. The average Bonchev–Trinajstić information content (AvgIpc) is 2.87. The molecule has 0 aliphatic heterocycles. The van der Waals surface area contributed by atoms with Crippen LogP contribution >= 0.6 is 0 Å².